The first kappa shape index (κ1) is 22.5. The fourth-order valence-corrected chi connectivity index (χ4v) is 4.24. The highest BCUT2D eigenvalue weighted by Crippen LogP contribution is 2.21. The van der Waals surface area contributed by atoms with Crippen LogP contribution in [0.2, 0.25) is 0 Å². The summed E-state index contributed by atoms with van der Waals surface area (Å²) in [4.78, 5) is 39.2. The molecule has 0 aliphatic carbocycles. The van der Waals surface area contributed by atoms with E-state index in [0.29, 0.717) is 38.2 Å². The molecule has 0 radical (unpaired) electrons. The zero-order chi connectivity index (χ0) is 23.2. The van der Waals surface area contributed by atoms with Crippen molar-refractivity contribution in [3.63, 3.8) is 0 Å². The molecule has 4 rings (SSSR count). The van der Waals surface area contributed by atoms with E-state index in [1.54, 1.807) is 4.90 Å². The van der Waals surface area contributed by atoms with Crippen molar-refractivity contribution in [2.45, 2.75) is 19.4 Å². The standard InChI is InChI=1S/C23H22FN5O3S/c24-17-6-8-18(9-7-17)26-20(31)21-27-28-22(33-21)23(32)29-12-10-16(11-13-29)19(30)25-14-15-4-2-1-3-5-15/h1-9,16H,10-14H2,(H,25,30)(H,26,31). The molecular weight excluding hydrogens is 445 g/mol. The van der Waals surface area contributed by atoms with Gasteiger partial charge in [-0.2, -0.15) is 0 Å². The van der Waals surface area contributed by atoms with Crippen molar-refractivity contribution in [1.29, 1.82) is 0 Å². The van der Waals surface area contributed by atoms with Crippen molar-refractivity contribution in [2.24, 2.45) is 5.92 Å². The topological polar surface area (TPSA) is 104 Å². The number of carbonyl (C=O) groups excluding carboxylic acids is 3. The van der Waals surface area contributed by atoms with Crippen LogP contribution in [0.1, 0.15) is 38.0 Å². The molecule has 3 amide bonds. The van der Waals surface area contributed by atoms with Gasteiger partial charge in [0, 0.05) is 31.2 Å². The van der Waals surface area contributed by atoms with Gasteiger partial charge in [0.15, 0.2) is 0 Å². The Kier molecular flexibility index (Phi) is 7.04. The third kappa shape index (κ3) is 5.78. The molecule has 170 valence electrons. The second kappa shape index (κ2) is 10.3. The molecule has 0 spiro atoms. The summed E-state index contributed by atoms with van der Waals surface area (Å²) >= 11 is 0.899. The number of rotatable bonds is 6. The first-order valence-electron chi connectivity index (χ1n) is 10.5. The Hall–Kier alpha value is -3.66. The van der Waals surface area contributed by atoms with Gasteiger partial charge < -0.3 is 15.5 Å². The number of amides is 3. The molecular formula is C23H22FN5O3S. The lowest BCUT2D eigenvalue weighted by Gasteiger charge is -2.30. The lowest BCUT2D eigenvalue weighted by atomic mass is 9.96. The predicted molar refractivity (Wildman–Crippen MR) is 121 cm³/mol. The van der Waals surface area contributed by atoms with Gasteiger partial charge in [-0.05, 0) is 42.7 Å². The van der Waals surface area contributed by atoms with Crippen LogP contribution in [0.25, 0.3) is 0 Å². The third-order valence-corrected chi connectivity index (χ3v) is 6.28. The largest absolute Gasteiger partial charge is 0.352 e. The Morgan fingerprint density at radius 1 is 0.970 bits per heavy atom. The number of halogens is 1. The van der Waals surface area contributed by atoms with Gasteiger partial charge in [0.2, 0.25) is 15.9 Å². The maximum absolute atomic E-state index is 13.0. The van der Waals surface area contributed by atoms with Crippen molar-refractivity contribution in [3.8, 4) is 0 Å². The van der Waals surface area contributed by atoms with Gasteiger partial charge in [-0.3, -0.25) is 14.4 Å². The Labute approximate surface area is 193 Å². The molecule has 3 aromatic rings. The molecule has 1 aliphatic heterocycles. The summed E-state index contributed by atoms with van der Waals surface area (Å²) in [5, 5.41) is 13.4. The number of nitrogens with one attached hydrogen (secondary N) is 2. The third-order valence-electron chi connectivity index (χ3n) is 5.37. The molecule has 1 saturated heterocycles. The van der Waals surface area contributed by atoms with Crippen LogP contribution in [-0.4, -0.2) is 45.9 Å². The normalized spacial score (nSPS) is 14.0. The highest BCUT2D eigenvalue weighted by Gasteiger charge is 2.29. The van der Waals surface area contributed by atoms with E-state index in [1.807, 2.05) is 30.3 Å². The Balaban J connectivity index is 1.27. The Morgan fingerprint density at radius 3 is 2.33 bits per heavy atom. The van der Waals surface area contributed by atoms with E-state index in [4.69, 9.17) is 0 Å². The summed E-state index contributed by atoms with van der Waals surface area (Å²) in [6.07, 6.45) is 1.12. The molecule has 10 heteroatoms. The molecule has 0 saturated carbocycles. The number of nitrogens with zero attached hydrogens (tertiary/aromatic N) is 3. The van der Waals surface area contributed by atoms with Crippen molar-refractivity contribution in [1.82, 2.24) is 20.4 Å². The molecule has 2 aromatic carbocycles. The number of benzene rings is 2. The summed E-state index contributed by atoms with van der Waals surface area (Å²) in [5.74, 6) is -1.40. The van der Waals surface area contributed by atoms with Crippen LogP contribution >= 0.6 is 11.3 Å². The number of hydrogen-bond donors (Lipinski definition) is 2. The smallest absolute Gasteiger partial charge is 0.286 e. The minimum atomic E-state index is -0.521. The average molecular weight is 468 g/mol. The van der Waals surface area contributed by atoms with Crippen LogP contribution in [0.4, 0.5) is 10.1 Å². The molecule has 2 heterocycles. The van der Waals surface area contributed by atoms with Gasteiger partial charge in [0.25, 0.3) is 11.8 Å². The summed E-state index contributed by atoms with van der Waals surface area (Å²) in [5.41, 5.74) is 1.45. The average Bonchev–Trinajstić information content (AvgIpc) is 3.35. The fourth-order valence-electron chi connectivity index (χ4n) is 3.53. The van der Waals surface area contributed by atoms with Gasteiger partial charge in [-0.25, -0.2) is 4.39 Å². The minimum absolute atomic E-state index is 0.0124. The van der Waals surface area contributed by atoms with Crippen molar-refractivity contribution in [2.75, 3.05) is 18.4 Å². The van der Waals surface area contributed by atoms with Gasteiger partial charge >= 0.3 is 0 Å². The second-order valence-electron chi connectivity index (χ2n) is 7.64. The lowest BCUT2D eigenvalue weighted by molar-refractivity contribution is -0.126. The van der Waals surface area contributed by atoms with E-state index in [0.717, 1.165) is 16.9 Å². The highest BCUT2D eigenvalue weighted by molar-refractivity contribution is 7.15. The van der Waals surface area contributed by atoms with Crippen LogP contribution in [0.15, 0.2) is 54.6 Å². The summed E-state index contributed by atoms with van der Waals surface area (Å²) in [7, 11) is 0. The maximum Gasteiger partial charge on any atom is 0.286 e. The quantitative estimate of drug-likeness (QED) is 0.580. The van der Waals surface area contributed by atoms with Crippen molar-refractivity contribution in [3.05, 3.63) is 76.0 Å². The zero-order valence-electron chi connectivity index (χ0n) is 17.7. The highest BCUT2D eigenvalue weighted by atomic mass is 32.1. The second-order valence-corrected chi connectivity index (χ2v) is 8.62. The van der Waals surface area contributed by atoms with Gasteiger partial charge in [0.05, 0.1) is 0 Å². The number of aromatic nitrogens is 2. The number of anilines is 1. The molecule has 2 N–H and O–H groups in total. The number of likely N-dealkylation sites (tertiary alicyclic amines) is 1. The molecule has 8 nitrogen and oxygen atoms in total. The molecule has 33 heavy (non-hydrogen) atoms. The lowest BCUT2D eigenvalue weighted by Crippen LogP contribution is -2.42. The number of hydrogen-bond acceptors (Lipinski definition) is 6. The Morgan fingerprint density at radius 2 is 1.64 bits per heavy atom. The monoisotopic (exact) mass is 467 g/mol. The minimum Gasteiger partial charge on any atom is -0.352 e. The van der Waals surface area contributed by atoms with Crippen LogP contribution in [0, 0.1) is 11.7 Å². The first-order valence-corrected chi connectivity index (χ1v) is 11.3. The molecule has 1 aliphatic rings. The van der Waals surface area contributed by atoms with E-state index in [2.05, 4.69) is 20.8 Å². The molecule has 1 fully saturated rings. The van der Waals surface area contributed by atoms with Crippen LogP contribution in [0.5, 0.6) is 0 Å². The van der Waals surface area contributed by atoms with E-state index in [9.17, 15) is 18.8 Å². The summed E-state index contributed by atoms with van der Waals surface area (Å²) in [6.45, 7) is 1.34. The van der Waals surface area contributed by atoms with Gasteiger partial charge in [-0.1, -0.05) is 41.7 Å². The van der Waals surface area contributed by atoms with Crippen LogP contribution < -0.4 is 10.6 Å². The Bertz CT molecular complexity index is 1130. The zero-order valence-corrected chi connectivity index (χ0v) is 18.5. The van der Waals surface area contributed by atoms with E-state index in [1.165, 1.54) is 24.3 Å². The molecule has 0 unspecified atom stereocenters. The van der Waals surface area contributed by atoms with Gasteiger partial charge in [-0.15, -0.1) is 10.2 Å². The van der Waals surface area contributed by atoms with Crippen LogP contribution in [-0.2, 0) is 11.3 Å². The van der Waals surface area contributed by atoms with Gasteiger partial charge in [0.1, 0.15) is 5.82 Å². The maximum atomic E-state index is 13.0. The molecule has 0 atom stereocenters. The SMILES string of the molecule is O=C(Nc1ccc(F)cc1)c1nnc(C(=O)N2CCC(C(=O)NCc3ccccc3)CC2)s1. The summed E-state index contributed by atoms with van der Waals surface area (Å²) < 4.78 is 13.0. The van der Waals surface area contributed by atoms with Crippen LogP contribution in [0.3, 0.4) is 0 Å². The summed E-state index contributed by atoms with van der Waals surface area (Å²) in [6, 6.07) is 15.0. The molecule has 0 bridgehead atoms. The van der Waals surface area contributed by atoms with Crippen molar-refractivity contribution >= 4 is 34.7 Å². The first-order chi connectivity index (χ1) is 16.0. The molecule has 1 aromatic heterocycles. The van der Waals surface area contributed by atoms with Crippen molar-refractivity contribution < 1.29 is 18.8 Å². The fraction of sp³-hybridized carbons (Fsp3) is 0.261. The number of piperidine rings is 1. The van der Waals surface area contributed by atoms with E-state index >= 15 is 0 Å². The predicted octanol–water partition coefficient (Wildman–Crippen LogP) is 3.10. The van der Waals surface area contributed by atoms with E-state index < -0.39 is 11.7 Å². The number of carbonyl (C=O) groups is 3. The van der Waals surface area contributed by atoms with E-state index in [-0.39, 0.29) is 27.7 Å².